The molecular formula is C12H12BrF3O3S. The fourth-order valence-corrected chi connectivity index (χ4v) is 2.52. The summed E-state index contributed by atoms with van der Waals surface area (Å²) in [6, 6.07) is 3.22. The van der Waals surface area contributed by atoms with Gasteiger partial charge < -0.3 is 10.2 Å². The Kier molecular flexibility index (Phi) is 6.06. The van der Waals surface area contributed by atoms with E-state index in [2.05, 4.69) is 15.9 Å². The zero-order valence-electron chi connectivity index (χ0n) is 10.3. The summed E-state index contributed by atoms with van der Waals surface area (Å²) in [6.07, 6.45) is -7.38. The van der Waals surface area contributed by atoms with Crippen molar-refractivity contribution in [1.82, 2.24) is 0 Å². The standard InChI is InChI=1S/C12H12BrF3O3S/c1-6(17)20-5-10(18)11(19)7-2-3-9(13)8(4-7)12(14,15)16/h2-4,10-11,18-19H,5H2,1H3. The lowest BCUT2D eigenvalue weighted by Crippen LogP contribution is -2.22. The highest BCUT2D eigenvalue weighted by Gasteiger charge is 2.34. The van der Waals surface area contributed by atoms with Crippen LogP contribution in [0.25, 0.3) is 0 Å². The van der Waals surface area contributed by atoms with E-state index in [1.54, 1.807) is 0 Å². The molecule has 0 saturated heterocycles. The zero-order chi connectivity index (χ0) is 15.5. The van der Waals surface area contributed by atoms with Crippen LogP contribution < -0.4 is 0 Å². The van der Waals surface area contributed by atoms with Crippen LogP contribution in [0.1, 0.15) is 24.2 Å². The van der Waals surface area contributed by atoms with Crippen molar-refractivity contribution in [1.29, 1.82) is 0 Å². The number of alkyl halides is 3. The minimum atomic E-state index is -4.56. The van der Waals surface area contributed by atoms with Crippen molar-refractivity contribution in [3.8, 4) is 0 Å². The Morgan fingerprint density at radius 3 is 2.50 bits per heavy atom. The van der Waals surface area contributed by atoms with Crippen molar-refractivity contribution in [3.63, 3.8) is 0 Å². The van der Waals surface area contributed by atoms with Crippen LogP contribution in [-0.2, 0) is 11.0 Å². The number of carbonyl (C=O) groups excluding carboxylic acids is 1. The summed E-state index contributed by atoms with van der Waals surface area (Å²) in [5.41, 5.74) is -0.988. The van der Waals surface area contributed by atoms with Crippen LogP contribution in [0.2, 0.25) is 0 Å². The second kappa shape index (κ2) is 6.93. The zero-order valence-corrected chi connectivity index (χ0v) is 12.7. The van der Waals surface area contributed by atoms with Gasteiger partial charge in [0.05, 0.1) is 11.7 Å². The predicted octanol–water partition coefficient (Wildman–Crippen LogP) is 3.14. The van der Waals surface area contributed by atoms with Crippen molar-refractivity contribution in [2.75, 3.05) is 5.75 Å². The molecule has 8 heteroatoms. The molecule has 0 heterocycles. The number of aliphatic hydroxyl groups is 2. The number of rotatable bonds is 4. The molecule has 20 heavy (non-hydrogen) atoms. The fourth-order valence-electron chi connectivity index (χ4n) is 1.46. The smallest absolute Gasteiger partial charge is 0.389 e. The number of hydrogen-bond donors (Lipinski definition) is 2. The molecule has 2 atom stereocenters. The van der Waals surface area contributed by atoms with Crippen LogP contribution in [0.4, 0.5) is 13.2 Å². The Bertz CT molecular complexity index is 493. The average Bonchev–Trinajstić information content (AvgIpc) is 2.34. The van der Waals surface area contributed by atoms with Crippen LogP contribution >= 0.6 is 27.7 Å². The van der Waals surface area contributed by atoms with Crippen molar-refractivity contribution in [2.45, 2.75) is 25.3 Å². The summed E-state index contributed by atoms with van der Waals surface area (Å²) < 4.78 is 38.0. The molecule has 0 spiro atoms. The number of halogens is 4. The van der Waals surface area contributed by atoms with Gasteiger partial charge in [-0.25, -0.2) is 0 Å². The minimum Gasteiger partial charge on any atom is -0.389 e. The molecule has 0 aromatic heterocycles. The molecule has 0 aliphatic rings. The van der Waals surface area contributed by atoms with E-state index >= 15 is 0 Å². The summed E-state index contributed by atoms with van der Waals surface area (Å²) in [5, 5.41) is 19.2. The molecule has 0 amide bonds. The van der Waals surface area contributed by atoms with E-state index in [1.807, 2.05) is 0 Å². The SMILES string of the molecule is CC(=O)SCC(O)C(O)c1ccc(Br)c(C(F)(F)F)c1. The summed E-state index contributed by atoms with van der Waals surface area (Å²) in [5.74, 6) is -0.0894. The summed E-state index contributed by atoms with van der Waals surface area (Å²) in [4.78, 5) is 10.8. The van der Waals surface area contributed by atoms with E-state index in [-0.39, 0.29) is 20.9 Å². The van der Waals surface area contributed by atoms with Gasteiger partial charge in [-0.1, -0.05) is 33.8 Å². The molecule has 0 fully saturated rings. The maximum Gasteiger partial charge on any atom is 0.417 e. The summed E-state index contributed by atoms with van der Waals surface area (Å²) >= 11 is 3.58. The first-order chi connectivity index (χ1) is 9.12. The van der Waals surface area contributed by atoms with Crippen LogP contribution in [0.15, 0.2) is 22.7 Å². The molecule has 1 aromatic rings. The number of benzene rings is 1. The largest absolute Gasteiger partial charge is 0.417 e. The Morgan fingerprint density at radius 2 is 2.00 bits per heavy atom. The van der Waals surface area contributed by atoms with Crippen LogP contribution in [0.5, 0.6) is 0 Å². The molecule has 0 bridgehead atoms. The Hall–Kier alpha value is -0.570. The topological polar surface area (TPSA) is 57.5 Å². The van der Waals surface area contributed by atoms with Crippen LogP contribution in [0.3, 0.4) is 0 Å². The van der Waals surface area contributed by atoms with Gasteiger partial charge in [-0.15, -0.1) is 0 Å². The average molecular weight is 373 g/mol. The first-order valence-corrected chi connectivity index (χ1v) is 7.27. The van der Waals surface area contributed by atoms with Gasteiger partial charge in [0.1, 0.15) is 6.10 Å². The van der Waals surface area contributed by atoms with Gasteiger partial charge in [0, 0.05) is 17.1 Å². The molecule has 0 saturated carbocycles. The van der Waals surface area contributed by atoms with Gasteiger partial charge in [-0.3, -0.25) is 4.79 Å². The maximum atomic E-state index is 12.7. The maximum absolute atomic E-state index is 12.7. The number of thioether (sulfide) groups is 1. The predicted molar refractivity (Wildman–Crippen MR) is 73.2 cm³/mol. The monoisotopic (exact) mass is 372 g/mol. The third-order valence-electron chi connectivity index (χ3n) is 2.46. The van der Waals surface area contributed by atoms with Gasteiger partial charge >= 0.3 is 6.18 Å². The van der Waals surface area contributed by atoms with E-state index in [4.69, 9.17) is 0 Å². The van der Waals surface area contributed by atoms with Crippen LogP contribution in [-0.4, -0.2) is 27.2 Å². The lowest BCUT2D eigenvalue weighted by molar-refractivity contribution is -0.138. The molecule has 2 unspecified atom stereocenters. The number of hydrogen-bond acceptors (Lipinski definition) is 4. The Morgan fingerprint density at radius 1 is 1.40 bits per heavy atom. The van der Waals surface area contributed by atoms with Gasteiger partial charge in [0.15, 0.2) is 5.12 Å². The van der Waals surface area contributed by atoms with Gasteiger partial charge in [0.25, 0.3) is 0 Å². The fraction of sp³-hybridized carbons (Fsp3) is 0.417. The molecule has 3 nitrogen and oxygen atoms in total. The lowest BCUT2D eigenvalue weighted by atomic mass is 10.0. The highest BCUT2D eigenvalue weighted by molar-refractivity contribution is 9.10. The third-order valence-corrected chi connectivity index (χ3v) is 4.07. The Labute approximate surface area is 126 Å². The third kappa shape index (κ3) is 4.76. The molecule has 0 aliphatic heterocycles. The first-order valence-electron chi connectivity index (χ1n) is 5.49. The lowest BCUT2D eigenvalue weighted by Gasteiger charge is -2.19. The molecule has 1 rings (SSSR count). The molecule has 1 aromatic carbocycles. The summed E-state index contributed by atoms with van der Waals surface area (Å²) in [7, 11) is 0. The van der Waals surface area contributed by atoms with E-state index in [1.165, 1.54) is 13.0 Å². The van der Waals surface area contributed by atoms with Crippen LogP contribution in [0, 0.1) is 0 Å². The molecule has 0 radical (unpaired) electrons. The van der Waals surface area contributed by atoms with Crippen molar-refractivity contribution in [3.05, 3.63) is 33.8 Å². The summed E-state index contributed by atoms with van der Waals surface area (Å²) in [6.45, 7) is 1.30. The van der Waals surface area contributed by atoms with E-state index in [9.17, 15) is 28.2 Å². The minimum absolute atomic E-state index is 0.0582. The Balaban J connectivity index is 2.94. The van der Waals surface area contributed by atoms with Gasteiger partial charge in [-0.2, -0.15) is 13.2 Å². The molecule has 0 aliphatic carbocycles. The number of carbonyl (C=O) groups is 1. The first kappa shape index (κ1) is 17.5. The highest BCUT2D eigenvalue weighted by Crippen LogP contribution is 2.36. The normalized spacial score (nSPS) is 14.9. The molecule has 112 valence electrons. The van der Waals surface area contributed by atoms with E-state index in [0.717, 1.165) is 23.9 Å². The van der Waals surface area contributed by atoms with Gasteiger partial charge in [-0.05, 0) is 17.7 Å². The second-order valence-corrected chi connectivity index (χ2v) is 6.10. The van der Waals surface area contributed by atoms with Crippen molar-refractivity contribution in [2.24, 2.45) is 0 Å². The number of aliphatic hydroxyl groups excluding tert-OH is 2. The van der Waals surface area contributed by atoms with Gasteiger partial charge in [0.2, 0.25) is 0 Å². The quantitative estimate of drug-likeness (QED) is 0.852. The van der Waals surface area contributed by atoms with Crippen molar-refractivity contribution >= 4 is 32.8 Å². The van der Waals surface area contributed by atoms with Crippen molar-refractivity contribution < 1.29 is 28.2 Å². The molecule has 2 N–H and O–H groups in total. The van der Waals surface area contributed by atoms with E-state index in [0.29, 0.717) is 0 Å². The second-order valence-electron chi connectivity index (χ2n) is 4.05. The highest BCUT2D eigenvalue weighted by atomic mass is 79.9. The van der Waals surface area contributed by atoms with E-state index < -0.39 is 23.9 Å². The molecular weight excluding hydrogens is 361 g/mol.